The van der Waals surface area contributed by atoms with Gasteiger partial charge in [0.1, 0.15) is 10.6 Å². The van der Waals surface area contributed by atoms with Crippen LogP contribution in [0.2, 0.25) is 0 Å². The third-order valence-electron chi connectivity index (χ3n) is 5.90. The number of nitrogens with one attached hydrogen (secondary N) is 1. The Hall–Kier alpha value is -2.16. The van der Waals surface area contributed by atoms with Crippen molar-refractivity contribution in [1.29, 1.82) is 0 Å². The Bertz CT molecular complexity index is 996. The van der Waals surface area contributed by atoms with Crippen molar-refractivity contribution in [3.05, 3.63) is 53.3 Å². The third-order valence-corrected chi connectivity index (χ3v) is 7.91. The molecule has 0 saturated carbocycles. The molecular weight excluding hydrogens is 400 g/mol. The van der Waals surface area contributed by atoms with Crippen LogP contribution < -0.4 is 5.32 Å². The van der Waals surface area contributed by atoms with Crippen LogP contribution in [0, 0.1) is 0 Å². The molecule has 1 aliphatic rings. The minimum atomic E-state index is -3.59. The normalized spacial score (nSPS) is 15.8. The molecule has 0 aliphatic carbocycles. The number of aryl methyl sites for hydroxylation is 1. The summed E-state index contributed by atoms with van der Waals surface area (Å²) in [5, 5.41) is 2.97. The van der Waals surface area contributed by atoms with Gasteiger partial charge in [0.2, 0.25) is 10.0 Å². The highest BCUT2D eigenvalue weighted by Crippen LogP contribution is 2.21. The maximum Gasteiger partial charge on any atom is 0.267 e. The van der Waals surface area contributed by atoms with Gasteiger partial charge in [-0.2, -0.15) is 4.31 Å². The molecule has 1 atom stereocenters. The highest BCUT2D eigenvalue weighted by Gasteiger charge is 2.26. The second kappa shape index (κ2) is 9.32. The van der Waals surface area contributed by atoms with Crippen molar-refractivity contribution in [2.75, 3.05) is 26.2 Å². The SMILES string of the molecule is CCN(CC)S(=O)(=O)c1cc(C(=O)NCC(C)N2CCc3ccccc3C2)n(C)c1. The fraction of sp³-hybridized carbons (Fsp3) is 0.500. The highest BCUT2D eigenvalue weighted by molar-refractivity contribution is 7.89. The number of fused-ring (bicyclic) bond motifs is 1. The topological polar surface area (TPSA) is 74.7 Å². The molecule has 7 nitrogen and oxygen atoms in total. The quantitative estimate of drug-likeness (QED) is 0.694. The van der Waals surface area contributed by atoms with Crippen molar-refractivity contribution < 1.29 is 13.2 Å². The van der Waals surface area contributed by atoms with Gasteiger partial charge in [0.15, 0.2) is 0 Å². The van der Waals surface area contributed by atoms with Gasteiger partial charge in [-0.3, -0.25) is 9.69 Å². The van der Waals surface area contributed by atoms with E-state index in [-0.39, 0.29) is 16.8 Å². The molecule has 0 bridgehead atoms. The number of carbonyl (C=O) groups is 1. The van der Waals surface area contributed by atoms with E-state index in [9.17, 15) is 13.2 Å². The molecule has 1 N–H and O–H groups in total. The van der Waals surface area contributed by atoms with Crippen LogP contribution in [0.1, 0.15) is 42.4 Å². The van der Waals surface area contributed by atoms with E-state index in [1.54, 1.807) is 25.5 Å². The van der Waals surface area contributed by atoms with E-state index in [1.165, 1.54) is 27.7 Å². The number of sulfonamides is 1. The van der Waals surface area contributed by atoms with Gasteiger partial charge in [0, 0.05) is 52.0 Å². The van der Waals surface area contributed by atoms with E-state index in [1.807, 2.05) is 0 Å². The second-order valence-corrected chi connectivity index (χ2v) is 9.75. The molecule has 2 heterocycles. The van der Waals surface area contributed by atoms with Gasteiger partial charge in [-0.15, -0.1) is 0 Å². The van der Waals surface area contributed by atoms with Crippen LogP contribution in [-0.4, -0.2) is 60.3 Å². The van der Waals surface area contributed by atoms with Gasteiger partial charge in [-0.05, 0) is 30.5 Å². The Labute approximate surface area is 179 Å². The van der Waals surface area contributed by atoms with E-state index in [2.05, 4.69) is 41.4 Å². The standard InChI is InChI=1S/C22H32N4O3S/c1-5-26(6-2)30(28,29)20-13-21(24(4)16-20)22(27)23-14-17(3)25-12-11-18-9-7-8-10-19(18)15-25/h7-10,13,16-17H,5-6,11-12,14-15H2,1-4H3,(H,23,27). The number of carbonyl (C=O) groups excluding carboxylic acids is 1. The van der Waals surface area contributed by atoms with E-state index in [0.29, 0.717) is 25.3 Å². The Kier molecular flexibility index (Phi) is 7.00. The summed E-state index contributed by atoms with van der Waals surface area (Å²) >= 11 is 0. The fourth-order valence-corrected chi connectivity index (χ4v) is 5.50. The van der Waals surface area contributed by atoms with Crippen LogP contribution in [0.15, 0.2) is 41.4 Å². The monoisotopic (exact) mass is 432 g/mol. The summed E-state index contributed by atoms with van der Waals surface area (Å²) in [5.74, 6) is -0.261. The van der Waals surface area contributed by atoms with Gasteiger partial charge in [0.05, 0.1) is 0 Å². The maximum absolute atomic E-state index is 12.7. The average molecular weight is 433 g/mol. The van der Waals surface area contributed by atoms with Gasteiger partial charge >= 0.3 is 0 Å². The van der Waals surface area contributed by atoms with Crippen LogP contribution in [0.3, 0.4) is 0 Å². The summed E-state index contributed by atoms with van der Waals surface area (Å²) in [5.41, 5.74) is 3.09. The molecule has 0 spiro atoms. The molecule has 0 radical (unpaired) electrons. The largest absolute Gasteiger partial charge is 0.349 e. The lowest BCUT2D eigenvalue weighted by Gasteiger charge is -2.33. The lowest BCUT2D eigenvalue weighted by Crippen LogP contribution is -2.44. The number of nitrogens with zero attached hydrogens (tertiary/aromatic N) is 3. The lowest BCUT2D eigenvalue weighted by atomic mass is 9.99. The summed E-state index contributed by atoms with van der Waals surface area (Å²) in [6, 6.07) is 10.1. The average Bonchev–Trinajstić information content (AvgIpc) is 3.14. The zero-order chi connectivity index (χ0) is 21.9. The minimum absolute atomic E-state index is 0.152. The molecule has 1 aromatic carbocycles. The summed E-state index contributed by atoms with van der Waals surface area (Å²) in [6.07, 6.45) is 2.52. The van der Waals surface area contributed by atoms with E-state index >= 15 is 0 Å². The zero-order valence-corrected chi connectivity index (χ0v) is 19.1. The van der Waals surface area contributed by atoms with E-state index < -0.39 is 10.0 Å². The first-order chi connectivity index (χ1) is 14.3. The van der Waals surface area contributed by atoms with Crippen molar-refractivity contribution in [1.82, 2.24) is 19.1 Å². The van der Waals surface area contributed by atoms with Crippen molar-refractivity contribution in [2.24, 2.45) is 7.05 Å². The molecule has 1 aromatic heterocycles. The summed E-state index contributed by atoms with van der Waals surface area (Å²) < 4.78 is 28.4. The van der Waals surface area contributed by atoms with Gasteiger partial charge in [-0.1, -0.05) is 38.1 Å². The van der Waals surface area contributed by atoms with Crippen LogP contribution in [0.5, 0.6) is 0 Å². The van der Waals surface area contributed by atoms with Crippen LogP contribution in [-0.2, 0) is 30.0 Å². The smallest absolute Gasteiger partial charge is 0.267 e. The molecule has 0 saturated heterocycles. The summed E-state index contributed by atoms with van der Waals surface area (Å²) in [6.45, 7) is 8.85. The Morgan fingerprint density at radius 2 is 1.87 bits per heavy atom. The second-order valence-electron chi connectivity index (χ2n) is 7.81. The summed E-state index contributed by atoms with van der Waals surface area (Å²) in [4.78, 5) is 15.3. The predicted molar refractivity (Wildman–Crippen MR) is 118 cm³/mol. The predicted octanol–water partition coefficient (Wildman–Crippen LogP) is 2.23. The molecule has 8 heteroatoms. The number of aromatic nitrogens is 1. The third kappa shape index (κ3) is 4.61. The highest BCUT2D eigenvalue weighted by atomic mass is 32.2. The molecule has 1 amide bonds. The molecule has 164 valence electrons. The minimum Gasteiger partial charge on any atom is -0.349 e. The lowest BCUT2D eigenvalue weighted by molar-refractivity contribution is 0.0924. The van der Waals surface area contributed by atoms with Gasteiger partial charge in [0.25, 0.3) is 5.91 Å². The number of hydrogen-bond acceptors (Lipinski definition) is 4. The van der Waals surface area contributed by atoms with E-state index in [0.717, 1.165) is 19.5 Å². The molecule has 30 heavy (non-hydrogen) atoms. The van der Waals surface area contributed by atoms with Crippen LogP contribution in [0.4, 0.5) is 0 Å². The Morgan fingerprint density at radius 3 is 2.53 bits per heavy atom. The first-order valence-corrected chi connectivity index (χ1v) is 12.0. The molecule has 2 aromatic rings. The number of rotatable bonds is 8. The first kappa shape index (κ1) is 22.5. The number of hydrogen-bond donors (Lipinski definition) is 1. The Morgan fingerprint density at radius 1 is 1.20 bits per heavy atom. The fourth-order valence-electron chi connectivity index (χ4n) is 3.97. The van der Waals surface area contributed by atoms with Crippen molar-refractivity contribution in [2.45, 2.75) is 44.7 Å². The molecular formula is C22H32N4O3S. The maximum atomic E-state index is 12.7. The number of benzene rings is 1. The van der Waals surface area contributed by atoms with Crippen LogP contribution in [0.25, 0.3) is 0 Å². The van der Waals surface area contributed by atoms with Crippen molar-refractivity contribution in [3.8, 4) is 0 Å². The van der Waals surface area contributed by atoms with Crippen molar-refractivity contribution in [3.63, 3.8) is 0 Å². The molecule has 1 aliphatic heterocycles. The Balaban J connectivity index is 1.64. The molecule has 1 unspecified atom stereocenters. The van der Waals surface area contributed by atoms with Gasteiger partial charge in [-0.25, -0.2) is 8.42 Å². The zero-order valence-electron chi connectivity index (χ0n) is 18.3. The van der Waals surface area contributed by atoms with Crippen molar-refractivity contribution >= 4 is 15.9 Å². The molecule has 0 fully saturated rings. The van der Waals surface area contributed by atoms with E-state index in [4.69, 9.17) is 0 Å². The van der Waals surface area contributed by atoms with Crippen LogP contribution >= 0.6 is 0 Å². The van der Waals surface area contributed by atoms with Gasteiger partial charge < -0.3 is 9.88 Å². The number of amides is 1. The summed E-state index contributed by atoms with van der Waals surface area (Å²) in [7, 11) is -1.89. The first-order valence-electron chi connectivity index (χ1n) is 10.5. The molecule has 3 rings (SSSR count).